The van der Waals surface area contributed by atoms with E-state index in [2.05, 4.69) is 0 Å². The van der Waals surface area contributed by atoms with Gasteiger partial charge in [0.1, 0.15) is 0 Å². The van der Waals surface area contributed by atoms with Crippen molar-refractivity contribution in [2.75, 3.05) is 0 Å². The SMILES string of the molecule is [Cl-].[Cl-].[Cl-].[Cl-].[Cl-].[Cl-].[Cl-].[Cl-].[Ti+4].[Zr+4]. The zero-order valence-corrected chi connectivity index (χ0v) is 14.1. The van der Waals surface area contributed by atoms with Gasteiger partial charge < -0.3 is 99.3 Å². The second kappa shape index (κ2) is 120. The van der Waals surface area contributed by atoms with Crippen molar-refractivity contribution in [1.82, 2.24) is 0 Å². The molecule has 10 heavy (non-hydrogen) atoms. The zero-order valence-electron chi connectivity index (χ0n) is 4.02. The van der Waals surface area contributed by atoms with Crippen LogP contribution >= 0.6 is 0 Å². The van der Waals surface area contributed by atoms with Gasteiger partial charge in [-0.1, -0.05) is 0 Å². The Hall–Kier alpha value is 3.92. The van der Waals surface area contributed by atoms with Gasteiger partial charge in [-0.3, -0.25) is 0 Å². The quantitative estimate of drug-likeness (QED) is 0.340. The Kier molecular flexibility index (Phi) is 1810. The van der Waals surface area contributed by atoms with Crippen molar-refractivity contribution in [1.29, 1.82) is 0 Å². The molecule has 0 unspecified atom stereocenters. The van der Waals surface area contributed by atoms with Crippen LogP contribution < -0.4 is 99.3 Å². The summed E-state index contributed by atoms with van der Waals surface area (Å²) in [4.78, 5) is 0. The van der Waals surface area contributed by atoms with Crippen LogP contribution in [0.25, 0.3) is 0 Å². The van der Waals surface area contributed by atoms with Crippen LogP contribution in [0.15, 0.2) is 0 Å². The zero-order chi connectivity index (χ0) is 0. The number of hydrogen-bond acceptors (Lipinski definition) is 0. The van der Waals surface area contributed by atoms with Crippen molar-refractivity contribution in [2.45, 2.75) is 0 Å². The molecule has 0 aromatic heterocycles. The average Bonchev–Trinajstić information content (AvgIpc) is 0. The van der Waals surface area contributed by atoms with E-state index in [9.17, 15) is 0 Å². The minimum absolute atomic E-state index is 0. The predicted octanol–water partition coefficient (Wildman–Crippen LogP) is -24.0. The second-order valence-corrected chi connectivity index (χ2v) is 0. The minimum atomic E-state index is 0. The van der Waals surface area contributed by atoms with E-state index in [1.807, 2.05) is 0 Å². The summed E-state index contributed by atoms with van der Waals surface area (Å²) in [5.74, 6) is 0. The van der Waals surface area contributed by atoms with Crippen LogP contribution in [-0.2, 0) is 47.9 Å². The first-order valence-corrected chi connectivity index (χ1v) is 0. The second-order valence-electron chi connectivity index (χ2n) is 0. The summed E-state index contributed by atoms with van der Waals surface area (Å²) in [7, 11) is 0. The first-order valence-electron chi connectivity index (χ1n) is 0. The van der Waals surface area contributed by atoms with Crippen LogP contribution in [0.5, 0.6) is 0 Å². The van der Waals surface area contributed by atoms with Gasteiger partial charge in [0.05, 0.1) is 0 Å². The van der Waals surface area contributed by atoms with Gasteiger partial charge >= 0.3 is 47.9 Å². The minimum Gasteiger partial charge on any atom is -1.00 e. The van der Waals surface area contributed by atoms with Crippen LogP contribution in [0.4, 0.5) is 0 Å². The van der Waals surface area contributed by atoms with E-state index < -0.39 is 0 Å². The van der Waals surface area contributed by atoms with Crippen molar-refractivity contribution in [3.8, 4) is 0 Å². The molecule has 0 spiro atoms. The van der Waals surface area contributed by atoms with E-state index in [1.165, 1.54) is 0 Å². The fourth-order valence-corrected chi connectivity index (χ4v) is 0. The number of halogens is 8. The Morgan fingerprint density at radius 1 is 0.300 bits per heavy atom. The molecule has 0 fully saturated rings. The molecular weight excluding hydrogens is 423 g/mol. The van der Waals surface area contributed by atoms with Gasteiger partial charge in [-0.2, -0.15) is 0 Å². The monoisotopic (exact) mass is 418 g/mol. The number of hydrogen-bond donors (Lipinski definition) is 0. The molecule has 0 saturated carbocycles. The molecule has 64 valence electrons. The standard InChI is InChI=1S/8ClH.Ti.Zr/h8*1H;;/q;;;;;;;;2*+4/p-8. The van der Waals surface area contributed by atoms with E-state index in [1.54, 1.807) is 0 Å². The fourth-order valence-electron chi connectivity index (χ4n) is 0. The first kappa shape index (κ1) is 151. The van der Waals surface area contributed by atoms with Crippen LogP contribution in [-0.4, -0.2) is 0 Å². The Bertz CT molecular complexity index is 9.22. The van der Waals surface area contributed by atoms with E-state index >= 15 is 0 Å². The van der Waals surface area contributed by atoms with Crippen molar-refractivity contribution < 1.29 is 147 Å². The van der Waals surface area contributed by atoms with Crippen LogP contribution in [0.1, 0.15) is 0 Å². The normalized spacial score (nSPS) is 0. The third-order valence-electron chi connectivity index (χ3n) is 0. The maximum atomic E-state index is 0. The van der Waals surface area contributed by atoms with Gasteiger partial charge in [0.2, 0.25) is 0 Å². The van der Waals surface area contributed by atoms with Crippen molar-refractivity contribution in [3.05, 3.63) is 0 Å². The fraction of sp³-hybridized carbons (Fsp3) is 0. The summed E-state index contributed by atoms with van der Waals surface area (Å²) in [5, 5.41) is 0. The summed E-state index contributed by atoms with van der Waals surface area (Å²) in [6.45, 7) is 0. The third-order valence-corrected chi connectivity index (χ3v) is 0. The van der Waals surface area contributed by atoms with Crippen molar-refractivity contribution >= 4 is 0 Å². The van der Waals surface area contributed by atoms with E-state index in [0.717, 1.165) is 0 Å². The molecule has 0 aromatic rings. The molecular formula is Cl8TiZr. The molecule has 0 N–H and O–H groups in total. The van der Waals surface area contributed by atoms with E-state index in [-0.39, 0.29) is 147 Å². The molecule has 0 bridgehead atoms. The predicted molar refractivity (Wildman–Crippen MR) is 0 cm³/mol. The largest absolute Gasteiger partial charge is 4.00 e. The van der Waals surface area contributed by atoms with Gasteiger partial charge in [0.15, 0.2) is 0 Å². The third kappa shape index (κ3) is 92.6. The van der Waals surface area contributed by atoms with E-state index in [4.69, 9.17) is 0 Å². The molecule has 0 aliphatic heterocycles. The van der Waals surface area contributed by atoms with Crippen molar-refractivity contribution in [3.63, 3.8) is 0 Å². The van der Waals surface area contributed by atoms with E-state index in [0.29, 0.717) is 0 Å². The van der Waals surface area contributed by atoms with Crippen LogP contribution in [0.2, 0.25) is 0 Å². The Morgan fingerprint density at radius 2 is 0.300 bits per heavy atom. The number of rotatable bonds is 0. The van der Waals surface area contributed by atoms with Gasteiger partial charge in [-0.25, -0.2) is 0 Å². The molecule has 0 amide bonds. The molecule has 0 radical (unpaired) electrons. The van der Waals surface area contributed by atoms with Crippen LogP contribution in [0, 0.1) is 0 Å². The maximum Gasteiger partial charge on any atom is 4.00 e. The summed E-state index contributed by atoms with van der Waals surface area (Å²) in [5.41, 5.74) is 0. The molecule has 0 nitrogen and oxygen atoms in total. The van der Waals surface area contributed by atoms with Gasteiger partial charge in [-0.15, -0.1) is 0 Å². The molecule has 0 heterocycles. The molecule has 0 aliphatic rings. The molecule has 0 aliphatic carbocycles. The molecule has 0 saturated heterocycles. The summed E-state index contributed by atoms with van der Waals surface area (Å²) >= 11 is 0. The summed E-state index contributed by atoms with van der Waals surface area (Å²) in [6, 6.07) is 0. The smallest absolute Gasteiger partial charge is 1.00 e. The average molecular weight is 423 g/mol. The van der Waals surface area contributed by atoms with Crippen LogP contribution in [0.3, 0.4) is 0 Å². The Labute approximate surface area is 145 Å². The van der Waals surface area contributed by atoms with Gasteiger partial charge in [0, 0.05) is 0 Å². The Balaban J connectivity index is 0. The van der Waals surface area contributed by atoms with Gasteiger partial charge in [-0.05, 0) is 0 Å². The van der Waals surface area contributed by atoms with Crippen molar-refractivity contribution in [2.24, 2.45) is 0 Å². The topological polar surface area (TPSA) is 0 Å². The molecule has 0 rings (SSSR count). The molecule has 0 aromatic carbocycles. The van der Waals surface area contributed by atoms with Gasteiger partial charge in [0.25, 0.3) is 0 Å². The summed E-state index contributed by atoms with van der Waals surface area (Å²) < 4.78 is 0. The maximum absolute atomic E-state index is 0. The first-order chi connectivity index (χ1) is 0. The summed E-state index contributed by atoms with van der Waals surface area (Å²) in [6.07, 6.45) is 0. The molecule has 0 atom stereocenters. The Morgan fingerprint density at radius 3 is 0.300 bits per heavy atom. The molecule has 10 heteroatoms.